The van der Waals surface area contributed by atoms with E-state index in [9.17, 15) is 4.79 Å². The molecular weight excluding hydrogens is 240 g/mol. The highest BCUT2D eigenvalue weighted by molar-refractivity contribution is 5.85. The van der Waals surface area contributed by atoms with Gasteiger partial charge in [-0.2, -0.15) is 0 Å². The van der Waals surface area contributed by atoms with E-state index in [4.69, 9.17) is 10.5 Å². The maximum Gasteiger partial charge on any atom is 0.236 e. The van der Waals surface area contributed by atoms with Crippen molar-refractivity contribution in [1.82, 2.24) is 5.32 Å². The Morgan fingerprint density at radius 2 is 2.12 bits per heavy atom. The van der Waals surface area contributed by atoms with Crippen LogP contribution >= 0.6 is 12.4 Å². The summed E-state index contributed by atoms with van der Waals surface area (Å²) in [6.45, 7) is 2.24. The van der Waals surface area contributed by atoms with Crippen molar-refractivity contribution in [2.24, 2.45) is 5.73 Å². The van der Waals surface area contributed by atoms with Gasteiger partial charge < -0.3 is 15.8 Å². The second kappa shape index (κ2) is 7.92. The number of rotatable bonds is 5. The number of halogens is 1. The van der Waals surface area contributed by atoms with Gasteiger partial charge in [0.25, 0.3) is 0 Å². The molecule has 0 saturated heterocycles. The highest BCUT2D eigenvalue weighted by atomic mass is 35.5. The number of hydrogen-bond acceptors (Lipinski definition) is 3. The Kier molecular flexibility index (Phi) is 7.34. The molecule has 3 N–H and O–H groups in total. The zero-order valence-electron chi connectivity index (χ0n) is 10.1. The van der Waals surface area contributed by atoms with Crippen molar-refractivity contribution in [1.29, 1.82) is 0 Å². The average Bonchev–Trinajstić information content (AvgIpc) is 2.29. The first kappa shape index (κ1) is 15.7. The molecule has 96 valence electrons. The van der Waals surface area contributed by atoms with E-state index in [1.54, 1.807) is 14.0 Å². The number of carbonyl (C=O) groups is 1. The summed E-state index contributed by atoms with van der Waals surface area (Å²) in [5.74, 6) is 0.715. The van der Waals surface area contributed by atoms with Crippen LogP contribution in [0.15, 0.2) is 24.3 Å². The SMILES string of the molecule is COc1ccccc1CCNC(=O)[C@H](C)N.Cl. The fourth-order valence-corrected chi connectivity index (χ4v) is 1.39. The number of amides is 1. The van der Waals surface area contributed by atoms with Crippen molar-refractivity contribution in [2.45, 2.75) is 19.4 Å². The first-order chi connectivity index (χ1) is 7.65. The van der Waals surface area contributed by atoms with E-state index >= 15 is 0 Å². The summed E-state index contributed by atoms with van der Waals surface area (Å²) in [6, 6.07) is 7.30. The van der Waals surface area contributed by atoms with Gasteiger partial charge in [-0.05, 0) is 25.0 Å². The molecule has 0 aromatic heterocycles. The monoisotopic (exact) mass is 258 g/mol. The molecule has 0 spiro atoms. The predicted octanol–water partition coefficient (Wildman–Crippen LogP) is 1.12. The summed E-state index contributed by atoms with van der Waals surface area (Å²) >= 11 is 0. The van der Waals surface area contributed by atoms with E-state index in [-0.39, 0.29) is 18.3 Å². The van der Waals surface area contributed by atoms with Crippen LogP contribution in [0, 0.1) is 0 Å². The van der Waals surface area contributed by atoms with Gasteiger partial charge in [0.15, 0.2) is 0 Å². The fraction of sp³-hybridized carbons (Fsp3) is 0.417. The van der Waals surface area contributed by atoms with Gasteiger partial charge in [0.1, 0.15) is 5.75 Å². The summed E-state index contributed by atoms with van der Waals surface area (Å²) in [4.78, 5) is 11.2. The van der Waals surface area contributed by atoms with Crippen LogP contribution in [0.1, 0.15) is 12.5 Å². The van der Waals surface area contributed by atoms with E-state index in [0.29, 0.717) is 6.54 Å². The van der Waals surface area contributed by atoms with Crippen LogP contribution in [0.4, 0.5) is 0 Å². The summed E-state index contributed by atoms with van der Waals surface area (Å²) in [5.41, 5.74) is 6.51. The second-order valence-corrected chi connectivity index (χ2v) is 3.64. The molecule has 0 aliphatic carbocycles. The zero-order valence-corrected chi connectivity index (χ0v) is 10.9. The lowest BCUT2D eigenvalue weighted by molar-refractivity contribution is -0.121. The first-order valence-corrected chi connectivity index (χ1v) is 5.30. The Morgan fingerprint density at radius 1 is 1.47 bits per heavy atom. The average molecular weight is 259 g/mol. The molecule has 1 atom stereocenters. The van der Waals surface area contributed by atoms with Gasteiger partial charge in [-0.1, -0.05) is 18.2 Å². The quantitative estimate of drug-likeness (QED) is 0.832. The number of hydrogen-bond donors (Lipinski definition) is 2. The Bertz CT molecular complexity index is 356. The largest absolute Gasteiger partial charge is 0.496 e. The topological polar surface area (TPSA) is 64.3 Å². The Morgan fingerprint density at radius 3 is 2.71 bits per heavy atom. The van der Waals surface area contributed by atoms with Crippen LogP contribution in [0.3, 0.4) is 0 Å². The lowest BCUT2D eigenvalue weighted by Crippen LogP contribution is -2.39. The van der Waals surface area contributed by atoms with Gasteiger partial charge in [0.05, 0.1) is 13.2 Å². The molecule has 17 heavy (non-hydrogen) atoms. The number of para-hydroxylation sites is 1. The zero-order chi connectivity index (χ0) is 12.0. The van der Waals surface area contributed by atoms with E-state index in [1.807, 2.05) is 24.3 Å². The van der Waals surface area contributed by atoms with Crippen LogP contribution in [0.25, 0.3) is 0 Å². The van der Waals surface area contributed by atoms with Gasteiger partial charge in [-0.15, -0.1) is 12.4 Å². The molecule has 4 nitrogen and oxygen atoms in total. The smallest absolute Gasteiger partial charge is 0.236 e. The molecule has 1 rings (SSSR count). The van der Waals surface area contributed by atoms with Gasteiger partial charge in [-0.3, -0.25) is 4.79 Å². The van der Waals surface area contributed by atoms with Crippen LogP contribution < -0.4 is 15.8 Å². The molecule has 5 heteroatoms. The van der Waals surface area contributed by atoms with Gasteiger partial charge in [-0.25, -0.2) is 0 Å². The van der Waals surface area contributed by atoms with Crippen molar-refractivity contribution in [3.8, 4) is 5.75 Å². The lowest BCUT2D eigenvalue weighted by atomic mass is 10.1. The molecule has 1 aromatic rings. The molecule has 0 aliphatic rings. The highest BCUT2D eigenvalue weighted by Crippen LogP contribution is 2.17. The minimum Gasteiger partial charge on any atom is -0.496 e. The number of methoxy groups -OCH3 is 1. The third kappa shape index (κ3) is 5.06. The molecule has 0 radical (unpaired) electrons. The maximum atomic E-state index is 11.2. The summed E-state index contributed by atoms with van der Waals surface area (Å²) in [5, 5.41) is 2.76. The standard InChI is InChI=1S/C12H18N2O2.ClH/c1-9(13)12(15)14-8-7-10-5-3-4-6-11(10)16-2;/h3-6,9H,7-8,13H2,1-2H3,(H,14,15);1H/t9-;/m0./s1. The first-order valence-electron chi connectivity index (χ1n) is 5.30. The third-order valence-corrected chi connectivity index (χ3v) is 2.30. The van der Waals surface area contributed by atoms with Gasteiger partial charge in [0, 0.05) is 6.54 Å². The van der Waals surface area contributed by atoms with Crippen LogP contribution in [-0.4, -0.2) is 25.6 Å². The van der Waals surface area contributed by atoms with Crippen molar-refractivity contribution >= 4 is 18.3 Å². The van der Waals surface area contributed by atoms with Crippen molar-refractivity contribution in [2.75, 3.05) is 13.7 Å². The van der Waals surface area contributed by atoms with Gasteiger partial charge in [0.2, 0.25) is 5.91 Å². The predicted molar refractivity (Wildman–Crippen MR) is 70.6 cm³/mol. The Balaban J connectivity index is 0.00000256. The van der Waals surface area contributed by atoms with Crippen molar-refractivity contribution in [3.63, 3.8) is 0 Å². The second-order valence-electron chi connectivity index (χ2n) is 3.64. The van der Waals surface area contributed by atoms with Crippen molar-refractivity contribution < 1.29 is 9.53 Å². The third-order valence-electron chi connectivity index (χ3n) is 2.30. The maximum absolute atomic E-state index is 11.2. The molecule has 0 bridgehead atoms. The highest BCUT2D eigenvalue weighted by Gasteiger charge is 2.06. The van der Waals surface area contributed by atoms with Crippen LogP contribution in [0.2, 0.25) is 0 Å². The summed E-state index contributed by atoms with van der Waals surface area (Å²) < 4.78 is 5.21. The Hall–Kier alpha value is -1.26. The van der Waals surface area contributed by atoms with Crippen LogP contribution in [0.5, 0.6) is 5.75 Å². The minimum absolute atomic E-state index is 0. The summed E-state index contributed by atoms with van der Waals surface area (Å²) in [7, 11) is 1.64. The molecule has 0 unspecified atom stereocenters. The fourth-order valence-electron chi connectivity index (χ4n) is 1.39. The minimum atomic E-state index is -0.460. The van der Waals surface area contributed by atoms with E-state index in [0.717, 1.165) is 17.7 Å². The van der Waals surface area contributed by atoms with Gasteiger partial charge >= 0.3 is 0 Å². The molecule has 0 aliphatic heterocycles. The molecule has 0 saturated carbocycles. The van der Waals surface area contributed by atoms with Crippen LogP contribution in [-0.2, 0) is 11.2 Å². The number of carbonyl (C=O) groups excluding carboxylic acids is 1. The van der Waals surface area contributed by atoms with E-state index < -0.39 is 6.04 Å². The molecule has 1 amide bonds. The number of ether oxygens (including phenoxy) is 1. The van der Waals surface area contributed by atoms with E-state index in [2.05, 4.69) is 5.32 Å². The Labute approximate surface area is 108 Å². The number of nitrogens with two attached hydrogens (primary N) is 1. The summed E-state index contributed by atoms with van der Waals surface area (Å²) in [6.07, 6.45) is 0.739. The molecule has 1 aromatic carbocycles. The molecule has 0 heterocycles. The lowest BCUT2D eigenvalue weighted by Gasteiger charge is -2.10. The number of benzene rings is 1. The van der Waals surface area contributed by atoms with Crippen molar-refractivity contribution in [3.05, 3.63) is 29.8 Å². The molecule has 0 fully saturated rings. The normalized spacial score (nSPS) is 11.2. The number of nitrogens with one attached hydrogen (secondary N) is 1. The molecular formula is C12H19ClN2O2. The van der Waals surface area contributed by atoms with E-state index in [1.165, 1.54) is 0 Å².